The molecule has 3 aromatic rings. The SMILES string of the molecule is CCCCN(CC)S(=O)(=O)c1ccc(C(=O)Nc2nnc(-c3cccnc3)o2)cc1. The molecule has 0 unspecified atom stereocenters. The predicted molar refractivity (Wildman–Crippen MR) is 111 cm³/mol. The first-order chi connectivity index (χ1) is 14.5. The van der Waals surface area contributed by atoms with E-state index in [-0.39, 0.29) is 22.4 Å². The first-order valence-corrected chi connectivity index (χ1v) is 11.0. The Morgan fingerprint density at radius 2 is 1.90 bits per heavy atom. The first-order valence-electron chi connectivity index (χ1n) is 9.61. The van der Waals surface area contributed by atoms with Crippen molar-refractivity contribution in [2.24, 2.45) is 0 Å². The number of anilines is 1. The average molecular weight is 430 g/mol. The molecule has 30 heavy (non-hydrogen) atoms. The summed E-state index contributed by atoms with van der Waals surface area (Å²) in [6.07, 6.45) is 4.89. The highest BCUT2D eigenvalue weighted by atomic mass is 32.2. The standard InChI is InChI=1S/C20H23N5O4S/c1-3-5-13-25(4-2)30(27,28)17-10-8-15(9-11-17)18(26)22-20-24-23-19(29-20)16-7-6-12-21-14-16/h6-12,14H,3-5,13H2,1-2H3,(H,22,24,26). The summed E-state index contributed by atoms with van der Waals surface area (Å²) in [6, 6.07) is 9.18. The van der Waals surface area contributed by atoms with Gasteiger partial charge in [0.2, 0.25) is 10.0 Å². The van der Waals surface area contributed by atoms with Gasteiger partial charge in [-0.2, -0.15) is 4.31 Å². The van der Waals surface area contributed by atoms with Crippen molar-refractivity contribution in [1.82, 2.24) is 19.5 Å². The van der Waals surface area contributed by atoms with Crippen molar-refractivity contribution in [3.8, 4) is 11.5 Å². The summed E-state index contributed by atoms with van der Waals surface area (Å²) in [5.74, 6) is -0.259. The molecule has 0 radical (unpaired) electrons. The van der Waals surface area contributed by atoms with Crippen molar-refractivity contribution in [3.63, 3.8) is 0 Å². The van der Waals surface area contributed by atoms with Crippen LogP contribution in [-0.2, 0) is 10.0 Å². The van der Waals surface area contributed by atoms with Gasteiger partial charge in [-0.3, -0.25) is 15.1 Å². The van der Waals surface area contributed by atoms with Crippen LogP contribution in [0.2, 0.25) is 0 Å². The van der Waals surface area contributed by atoms with E-state index in [0.717, 1.165) is 12.8 Å². The third-order valence-corrected chi connectivity index (χ3v) is 6.41. The Hall–Kier alpha value is -3.11. The molecule has 1 amide bonds. The summed E-state index contributed by atoms with van der Waals surface area (Å²) in [5.41, 5.74) is 0.898. The molecule has 0 aliphatic carbocycles. The van der Waals surface area contributed by atoms with Crippen LogP contribution >= 0.6 is 0 Å². The van der Waals surface area contributed by atoms with Crippen LogP contribution in [0.25, 0.3) is 11.5 Å². The van der Waals surface area contributed by atoms with Gasteiger partial charge in [-0.05, 0) is 42.8 Å². The Kier molecular flexibility index (Phi) is 6.91. The maximum absolute atomic E-state index is 12.8. The van der Waals surface area contributed by atoms with Crippen LogP contribution in [0.4, 0.5) is 6.01 Å². The van der Waals surface area contributed by atoms with Gasteiger partial charge in [0.1, 0.15) is 0 Å². The molecule has 9 nitrogen and oxygen atoms in total. The molecule has 0 saturated carbocycles. The lowest BCUT2D eigenvalue weighted by molar-refractivity contribution is 0.102. The summed E-state index contributed by atoms with van der Waals surface area (Å²) in [5, 5.41) is 10.2. The number of rotatable bonds is 9. The highest BCUT2D eigenvalue weighted by Crippen LogP contribution is 2.20. The van der Waals surface area contributed by atoms with Crippen molar-refractivity contribution in [2.75, 3.05) is 18.4 Å². The lowest BCUT2D eigenvalue weighted by atomic mass is 10.2. The van der Waals surface area contributed by atoms with E-state index in [1.54, 1.807) is 31.5 Å². The molecular formula is C20H23N5O4S. The fourth-order valence-electron chi connectivity index (χ4n) is 2.76. The van der Waals surface area contributed by atoms with E-state index in [9.17, 15) is 13.2 Å². The maximum Gasteiger partial charge on any atom is 0.322 e. The lowest BCUT2D eigenvalue weighted by Crippen LogP contribution is -2.31. The molecule has 2 heterocycles. The van der Waals surface area contributed by atoms with E-state index in [1.807, 2.05) is 6.92 Å². The highest BCUT2D eigenvalue weighted by molar-refractivity contribution is 7.89. The van der Waals surface area contributed by atoms with Gasteiger partial charge in [-0.25, -0.2) is 8.42 Å². The number of nitrogens with one attached hydrogen (secondary N) is 1. The van der Waals surface area contributed by atoms with Crippen LogP contribution < -0.4 is 5.32 Å². The maximum atomic E-state index is 12.8. The second-order valence-corrected chi connectivity index (χ2v) is 8.42. The van der Waals surface area contributed by atoms with Crippen molar-refractivity contribution in [1.29, 1.82) is 0 Å². The van der Waals surface area contributed by atoms with Crippen LogP contribution in [0.5, 0.6) is 0 Å². The summed E-state index contributed by atoms with van der Waals surface area (Å²) in [7, 11) is -3.60. The van der Waals surface area contributed by atoms with Crippen LogP contribution in [0.1, 0.15) is 37.0 Å². The molecule has 0 bridgehead atoms. The van der Waals surface area contributed by atoms with Gasteiger partial charge >= 0.3 is 6.01 Å². The Balaban J connectivity index is 1.70. The Bertz CT molecular complexity index is 1080. The van der Waals surface area contributed by atoms with Gasteiger partial charge in [-0.1, -0.05) is 25.4 Å². The minimum absolute atomic E-state index is 0.0627. The zero-order valence-electron chi connectivity index (χ0n) is 16.8. The fourth-order valence-corrected chi connectivity index (χ4v) is 4.25. The number of unbranched alkanes of at least 4 members (excludes halogenated alkanes) is 1. The van der Waals surface area contributed by atoms with Gasteiger partial charge in [0.05, 0.1) is 10.5 Å². The number of nitrogens with zero attached hydrogens (tertiary/aromatic N) is 4. The fraction of sp³-hybridized carbons (Fsp3) is 0.300. The largest absolute Gasteiger partial charge is 0.403 e. The molecule has 0 saturated heterocycles. The van der Waals surface area contributed by atoms with E-state index in [0.29, 0.717) is 18.7 Å². The normalized spacial score (nSPS) is 11.6. The van der Waals surface area contributed by atoms with Crippen LogP contribution in [0, 0.1) is 0 Å². The van der Waals surface area contributed by atoms with Crippen molar-refractivity contribution < 1.29 is 17.6 Å². The van der Waals surface area contributed by atoms with E-state index in [4.69, 9.17) is 4.42 Å². The summed E-state index contributed by atoms with van der Waals surface area (Å²) in [6.45, 7) is 4.67. The number of sulfonamides is 1. The number of benzene rings is 1. The number of amides is 1. The molecular weight excluding hydrogens is 406 g/mol. The molecule has 10 heteroatoms. The second-order valence-electron chi connectivity index (χ2n) is 6.48. The molecule has 0 fully saturated rings. The second kappa shape index (κ2) is 9.59. The number of hydrogen-bond acceptors (Lipinski definition) is 7. The monoisotopic (exact) mass is 429 g/mol. The van der Waals surface area contributed by atoms with E-state index < -0.39 is 15.9 Å². The molecule has 0 spiro atoms. The molecule has 0 aliphatic heterocycles. The predicted octanol–water partition coefficient (Wildman–Crippen LogP) is 3.19. The minimum atomic E-state index is -3.60. The molecule has 0 atom stereocenters. The molecule has 1 aromatic carbocycles. The van der Waals surface area contributed by atoms with E-state index in [1.165, 1.54) is 28.6 Å². The van der Waals surface area contributed by atoms with Gasteiger partial charge < -0.3 is 4.42 Å². The molecule has 2 aromatic heterocycles. The zero-order chi connectivity index (χ0) is 21.6. The quantitative estimate of drug-likeness (QED) is 0.555. The summed E-state index contributed by atoms with van der Waals surface area (Å²) >= 11 is 0. The Morgan fingerprint density at radius 1 is 1.13 bits per heavy atom. The lowest BCUT2D eigenvalue weighted by Gasteiger charge is -2.20. The van der Waals surface area contributed by atoms with Gasteiger partial charge in [-0.15, -0.1) is 5.10 Å². The molecule has 3 rings (SSSR count). The molecule has 1 N–H and O–H groups in total. The molecule has 158 valence electrons. The third-order valence-electron chi connectivity index (χ3n) is 4.42. The van der Waals surface area contributed by atoms with Crippen LogP contribution in [0.15, 0.2) is 58.1 Å². The van der Waals surface area contributed by atoms with Crippen molar-refractivity contribution in [3.05, 3.63) is 54.4 Å². The minimum Gasteiger partial charge on any atom is -0.403 e. The average Bonchev–Trinajstić information content (AvgIpc) is 3.23. The van der Waals surface area contributed by atoms with Crippen LogP contribution in [0.3, 0.4) is 0 Å². The molecule has 0 aliphatic rings. The smallest absolute Gasteiger partial charge is 0.322 e. The van der Waals surface area contributed by atoms with Crippen molar-refractivity contribution in [2.45, 2.75) is 31.6 Å². The van der Waals surface area contributed by atoms with Gasteiger partial charge in [0.15, 0.2) is 0 Å². The van der Waals surface area contributed by atoms with Gasteiger partial charge in [0, 0.05) is 31.0 Å². The zero-order valence-corrected chi connectivity index (χ0v) is 17.6. The summed E-state index contributed by atoms with van der Waals surface area (Å²) < 4.78 is 32.4. The Morgan fingerprint density at radius 3 is 2.53 bits per heavy atom. The number of aromatic nitrogens is 3. The first kappa shape index (κ1) is 21.6. The summed E-state index contributed by atoms with van der Waals surface area (Å²) in [4.78, 5) is 16.6. The van der Waals surface area contributed by atoms with Crippen LogP contribution in [-0.4, -0.2) is 46.9 Å². The topological polar surface area (TPSA) is 118 Å². The number of carbonyl (C=O) groups excluding carboxylic acids is 1. The number of carbonyl (C=O) groups is 1. The highest BCUT2D eigenvalue weighted by Gasteiger charge is 2.23. The third kappa shape index (κ3) is 4.89. The van der Waals surface area contributed by atoms with Gasteiger partial charge in [0.25, 0.3) is 11.8 Å². The van der Waals surface area contributed by atoms with E-state index in [2.05, 4.69) is 20.5 Å². The number of pyridine rings is 1. The van der Waals surface area contributed by atoms with E-state index >= 15 is 0 Å². The number of hydrogen-bond donors (Lipinski definition) is 1. The van der Waals surface area contributed by atoms with Crippen molar-refractivity contribution >= 4 is 21.9 Å². The Labute approximate surface area is 175 Å².